The third-order valence-corrected chi connectivity index (χ3v) is 4.94. The molecule has 0 aliphatic carbocycles. The molecule has 1 fully saturated rings. The van der Waals surface area contributed by atoms with E-state index in [4.69, 9.17) is 9.47 Å². The maximum atomic E-state index is 12.9. The first-order valence-corrected chi connectivity index (χ1v) is 9.60. The van der Waals surface area contributed by atoms with Gasteiger partial charge in [-0.2, -0.15) is 0 Å². The summed E-state index contributed by atoms with van der Waals surface area (Å²) in [4.78, 5) is 14.8. The van der Waals surface area contributed by atoms with Crippen molar-refractivity contribution in [2.45, 2.75) is 32.6 Å². The van der Waals surface area contributed by atoms with Gasteiger partial charge in [0.05, 0.1) is 13.2 Å². The molecule has 1 amide bonds. The Morgan fingerprint density at radius 1 is 1.00 bits per heavy atom. The number of phenolic OH excluding ortho intramolecular Hbond substituents is 1. The predicted molar refractivity (Wildman–Crippen MR) is 105 cm³/mol. The first kappa shape index (κ1) is 19.1. The molecule has 1 heterocycles. The molecule has 1 aliphatic heterocycles. The fraction of sp³-hybridized carbons (Fsp3) is 0.409. The van der Waals surface area contributed by atoms with Gasteiger partial charge in [0.25, 0.3) is 5.91 Å². The molecule has 0 spiro atoms. The lowest BCUT2D eigenvalue weighted by Crippen LogP contribution is -2.37. The molecule has 2 aromatic carbocycles. The number of piperidine rings is 1. The number of nitrogens with zero attached hydrogens (tertiary/aromatic N) is 1. The second-order valence-corrected chi connectivity index (χ2v) is 6.69. The SMILES string of the molecule is CCOc1ccc(C(=O)N2CCC(c3ccc(O)cc3)CC2)cc1OCC. The first-order valence-electron chi connectivity index (χ1n) is 9.60. The van der Waals surface area contributed by atoms with E-state index in [0.29, 0.717) is 36.2 Å². The van der Waals surface area contributed by atoms with E-state index in [0.717, 1.165) is 25.9 Å². The summed E-state index contributed by atoms with van der Waals surface area (Å²) in [7, 11) is 0. The lowest BCUT2D eigenvalue weighted by molar-refractivity contribution is 0.0712. The largest absolute Gasteiger partial charge is 0.508 e. The molecule has 2 aromatic rings. The van der Waals surface area contributed by atoms with Gasteiger partial charge in [0.2, 0.25) is 0 Å². The van der Waals surface area contributed by atoms with Gasteiger partial charge in [0.1, 0.15) is 5.75 Å². The Bertz CT molecular complexity index is 764. The molecular weight excluding hydrogens is 342 g/mol. The van der Waals surface area contributed by atoms with Crippen molar-refractivity contribution in [2.24, 2.45) is 0 Å². The van der Waals surface area contributed by atoms with Crippen molar-refractivity contribution in [3.05, 3.63) is 53.6 Å². The Morgan fingerprint density at radius 2 is 1.63 bits per heavy atom. The fourth-order valence-electron chi connectivity index (χ4n) is 3.53. The Hall–Kier alpha value is -2.69. The topological polar surface area (TPSA) is 59.0 Å². The van der Waals surface area contributed by atoms with E-state index < -0.39 is 0 Å². The molecule has 0 atom stereocenters. The molecular formula is C22H27NO4. The number of ether oxygens (including phenoxy) is 2. The average molecular weight is 369 g/mol. The number of phenols is 1. The second kappa shape index (κ2) is 8.80. The van der Waals surface area contributed by atoms with Crippen molar-refractivity contribution in [3.8, 4) is 17.2 Å². The molecule has 1 N–H and O–H groups in total. The monoisotopic (exact) mass is 369 g/mol. The quantitative estimate of drug-likeness (QED) is 0.829. The van der Waals surface area contributed by atoms with Crippen molar-refractivity contribution in [1.29, 1.82) is 0 Å². The highest BCUT2D eigenvalue weighted by Crippen LogP contribution is 2.32. The first-order chi connectivity index (χ1) is 13.1. The van der Waals surface area contributed by atoms with E-state index in [1.54, 1.807) is 18.2 Å². The van der Waals surface area contributed by atoms with Crippen LogP contribution in [0.2, 0.25) is 0 Å². The number of carbonyl (C=O) groups excluding carboxylic acids is 1. The highest BCUT2D eigenvalue weighted by atomic mass is 16.5. The summed E-state index contributed by atoms with van der Waals surface area (Å²) >= 11 is 0. The smallest absolute Gasteiger partial charge is 0.253 e. The molecule has 27 heavy (non-hydrogen) atoms. The molecule has 0 aromatic heterocycles. The van der Waals surface area contributed by atoms with Gasteiger partial charge in [-0.25, -0.2) is 0 Å². The number of benzene rings is 2. The van der Waals surface area contributed by atoms with Crippen LogP contribution in [0.1, 0.15) is 48.5 Å². The Kier molecular flexibility index (Phi) is 6.22. The Labute approximate surface area is 160 Å². The number of carbonyl (C=O) groups is 1. The number of aromatic hydroxyl groups is 1. The van der Waals surface area contributed by atoms with Gasteiger partial charge in [-0.1, -0.05) is 12.1 Å². The predicted octanol–water partition coefficient (Wildman–Crippen LogP) is 4.21. The van der Waals surface area contributed by atoms with Gasteiger partial charge >= 0.3 is 0 Å². The molecule has 0 radical (unpaired) electrons. The van der Waals surface area contributed by atoms with E-state index in [1.165, 1.54) is 5.56 Å². The van der Waals surface area contributed by atoms with Gasteiger partial charge < -0.3 is 19.5 Å². The minimum absolute atomic E-state index is 0.0307. The molecule has 5 heteroatoms. The number of likely N-dealkylation sites (tertiary alicyclic amines) is 1. The maximum Gasteiger partial charge on any atom is 0.253 e. The number of rotatable bonds is 6. The molecule has 1 aliphatic rings. The van der Waals surface area contributed by atoms with E-state index in [2.05, 4.69) is 0 Å². The van der Waals surface area contributed by atoms with Gasteiger partial charge in [0.15, 0.2) is 11.5 Å². The van der Waals surface area contributed by atoms with Crippen LogP contribution >= 0.6 is 0 Å². The third-order valence-electron chi connectivity index (χ3n) is 4.94. The third kappa shape index (κ3) is 4.54. The van der Waals surface area contributed by atoms with Crippen LogP contribution in [-0.4, -0.2) is 42.2 Å². The molecule has 0 bridgehead atoms. The van der Waals surface area contributed by atoms with Crippen molar-refractivity contribution in [2.75, 3.05) is 26.3 Å². The minimum Gasteiger partial charge on any atom is -0.508 e. The lowest BCUT2D eigenvalue weighted by atomic mass is 9.89. The van der Waals surface area contributed by atoms with Crippen LogP contribution in [0.3, 0.4) is 0 Å². The van der Waals surface area contributed by atoms with Gasteiger partial charge in [0, 0.05) is 18.7 Å². The van der Waals surface area contributed by atoms with Gasteiger partial charge in [-0.15, -0.1) is 0 Å². The molecule has 144 valence electrons. The van der Waals surface area contributed by atoms with Crippen LogP contribution in [0, 0.1) is 0 Å². The van der Waals surface area contributed by atoms with Crippen molar-refractivity contribution in [3.63, 3.8) is 0 Å². The van der Waals surface area contributed by atoms with Crippen molar-refractivity contribution < 1.29 is 19.4 Å². The van der Waals surface area contributed by atoms with Crippen LogP contribution in [0.25, 0.3) is 0 Å². The van der Waals surface area contributed by atoms with Crippen molar-refractivity contribution in [1.82, 2.24) is 4.90 Å². The minimum atomic E-state index is 0.0307. The van der Waals surface area contributed by atoms with Crippen LogP contribution in [-0.2, 0) is 0 Å². The molecule has 5 nitrogen and oxygen atoms in total. The van der Waals surface area contributed by atoms with Crippen molar-refractivity contribution >= 4 is 5.91 Å². The summed E-state index contributed by atoms with van der Waals surface area (Å²) in [5.74, 6) is 2.02. The van der Waals surface area contributed by atoms with Gasteiger partial charge in [-0.05, 0) is 68.5 Å². The summed E-state index contributed by atoms with van der Waals surface area (Å²) < 4.78 is 11.2. The van der Waals surface area contributed by atoms with Crippen LogP contribution in [0.15, 0.2) is 42.5 Å². The summed E-state index contributed by atoms with van der Waals surface area (Å²) in [5, 5.41) is 9.44. The zero-order valence-corrected chi connectivity index (χ0v) is 16.0. The molecule has 0 unspecified atom stereocenters. The highest BCUT2D eigenvalue weighted by molar-refractivity contribution is 5.95. The summed E-state index contributed by atoms with van der Waals surface area (Å²) in [6, 6.07) is 12.8. The second-order valence-electron chi connectivity index (χ2n) is 6.69. The zero-order valence-electron chi connectivity index (χ0n) is 16.0. The van der Waals surface area contributed by atoms with E-state index >= 15 is 0 Å². The normalized spacial score (nSPS) is 14.8. The number of amides is 1. The Balaban J connectivity index is 1.66. The maximum absolute atomic E-state index is 12.9. The molecule has 1 saturated heterocycles. The summed E-state index contributed by atoms with van der Waals surface area (Å²) in [5.41, 5.74) is 1.85. The van der Waals surface area contributed by atoms with Crippen LogP contribution in [0.4, 0.5) is 0 Å². The molecule has 0 saturated carbocycles. The van der Waals surface area contributed by atoms with Gasteiger partial charge in [-0.3, -0.25) is 4.79 Å². The van der Waals surface area contributed by atoms with Crippen LogP contribution in [0.5, 0.6) is 17.2 Å². The Morgan fingerprint density at radius 3 is 2.26 bits per heavy atom. The van der Waals surface area contributed by atoms with Crippen LogP contribution < -0.4 is 9.47 Å². The molecule has 3 rings (SSSR count). The lowest BCUT2D eigenvalue weighted by Gasteiger charge is -2.32. The number of hydrogen-bond acceptors (Lipinski definition) is 4. The highest BCUT2D eigenvalue weighted by Gasteiger charge is 2.25. The summed E-state index contributed by atoms with van der Waals surface area (Å²) in [6.07, 6.45) is 1.84. The van der Waals surface area contributed by atoms with E-state index in [1.807, 2.05) is 43.0 Å². The fourth-order valence-corrected chi connectivity index (χ4v) is 3.53. The number of hydrogen-bond donors (Lipinski definition) is 1. The summed E-state index contributed by atoms with van der Waals surface area (Å²) in [6.45, 7) is 6.36. The average Bonchev–Trinajstić information content (AvgIpc) is 2.70. The standard InChI is InChI=1S/C22H27NO4/c1-3-26-20-10-7-18(15-21(20)27-4-2)22(25)23-13-11-17(12-14-23)16-5-8-19(24)9-6-16/h5-10,15,17,24H,3-4,11-14H2,1-2H3. The van der Waals surface area contributed by atoms with E-state index in [9.17, 15) is 9.90 Å². The zero-order chi connectivity index (χ0) is 19.2. The van der Waals surface area contributed by atoms with E-state index in [-0.39, 0.29) is 11.7 Å².